The van der Waals surface area contributed by atoms with Crippen molar-refractivity contribution < 1.29 is 32.3 Å². The highest BCUT2D eigenvalue weighted by atomic mass is 19.4. The minimum Gasteiger partial charge on any atom is -0.490 e. The van der Waals surface area contributed by atoms with Gasteiger partial charge < -0.3 is 29.2 Å². The van der Waals surface area contributed by atoms with Gasteiger partial charge >= 0.3 is 18.0 Å². The molecule has 2 aliphatic rings. The van der Waals surface area contributed by atoms with E-state index in [1.807, 2.05) is 36.4 Å². The van der Waals surface area contributed by atoms with Crippen LogP contribution in [-0.4, -0.2) is 57.8 Å². The van der Waals surface area contributed by atoms with E-state index in [2.05, 4.69) is 33.8 Å². The molecule has 0 aliphatic carbocycles. The zero-order chi connectivity index (χ0) is 31.6. The van der Waals surface area contributed by atoms with E-state index < -0.39 is 16.7 Å². The van der Waals surface area contributed by atoms with E-state index in [0.29, 0.717) is 31.1 Å². The van der Waals surface area contributed by atoms with Crippen molar-refractivity contribution in [3.63, 3.8) is 0 Å². The normalized spacial score (nSPS) is 18.6. The fraction of sp³-hybridized carbons (Fsp3) is 0.344. The third-order valence-corrected chi connectivity index (χ3v) is 7.94. The summed E-state index contributed by atoms with van der Waals surface area (Å²) < 4.78 is 57.5. The zero-order valence-corrected chi connectivity index (χ0v) is 24.5. The van der Waals surface area contributed by atoms with Gasteiger partial charge in [-0.05, 0) is 78.1 Å². The average molecular weight is 624 g/mol. The molecular formula is C32H32F3N5O5. The van der Waals surface area contributed by atoms with Gasteiger partial charge in [0.15, 0.2) is 0 Å². The van der Waals surface area contributed by atoms with Gasteiger partial charge in [-0.1, -0.05) is 12.1 Å². The predicted molar refractivity (Wildman–Crippen MR) is 160 cm³/mol. The Morgan fingerprint density at radius 3 is 2.27 bits per heavy atom. The number of halogens is 3. The highest BCUT2D eigenvalue weighted by Gasteiger charge is 2.30. The second-order valence-corrected chi connectivity index (χ2v) is 11.2. The SMILES string of the molecule is C[C@@H]1CN(Cc2ccc(Oc3ccc(C(F)(F)F)cc3)cc2)CCN1c1ccc(OC[C@@H]2CCn3cc([N+](=O)[O-])nc3O2)cc1. The average Bonchev–Trinajstić information content (AvgIpc) is 3.46. The second kappa shape index (κ2) is 12.7. The van der Waals surface area contributed by atoms with Gasteiger partial charge in [-0.25, -0.2) is 0 Å². The van der Waals surface area contributed by atoms with E-state index in [-0.39, 0.29) is 24.0 Å². The number of hydrogen-bond acceptors (Lipinski definition) is 8. The Labute approximate surface area is 257 Å². The lowest BCUT2D eigenvalue weighted by molar-refractivity contribution is -0.389. The third-order valence-electron chi connectivity index (χ3n) is 7.94. The van der Waals surface area contributed by atoms with Gasteiger partial charge in [0.25, 0.3) is 0 Å². The van der Waals surface area contributed by atoms with Gasteiger partial charge in [-0.15, -0.1) is 0 Å². The van der Waals surface area contributed by atoms with E-state index >= 15 is 0 Å². The Morgan fingerprint density at radius 2 is 1.62 bits per heavy atom. The molecule has 0 bridgehead atoms. The molecule has 0 N–H and O–H groups in total. The Kier molecular flexibility index (Phi) is 8.52. The van der Waals surface area contributed by atoms with E-state index in [1.54, 1.807) is 4.57 Å². The molecule has 3 aromatic carbocycles. The Balaban J connectivity index is 0.958. The molecule has 1 saturated heterocycles. The van der Waals surface area contributed by atoms with Crippen LogP contribution in [0, 0.1) is 10.1 Å². The Morgan fingerprint density at radius 1 is 0.956 bits per heavy atom. The number of rotatable bonds is 9. The number of nitro groups is 1. The van der Waals surface area contributed by atoms with E-state index in [0.717, 1.165) is 55.3 Å². The number of benzene rings is 3. The van der Waals surface area contributed by atoms with Crippen molar-refractivity contribution in [1.29, 1.82) is 0 Å². The molecular weight excluding hydrogens is 591 g/mol. The molecule has 1 aromatic heterocycles. The Bertz CT molecular complexity index is 1610. The molecule has 0 radical (unpaired) electrons. The number of hydrogen-bond donors (Lipinski definition) is 0. The first-order valence-electron chi connectivity index (χ1n) is 14.6. The minimum atomic E-state index is -4.38. The largest absolute Gasteiger partial charge is 0.490 e. The molecule has 6 rings (SSSR count). The molecule has 0 amide bonds. The minimum absolute atomic E-state index is 0.224. The topological polar surface area (TPSA) is 95.1 Å². The van der Waals surface area contributed by atoms with Crippen LogP contribution in [0.3, 0.4) is 0 Å². The summed E-state index contributed by atoms with van der Waals surface area (Å²) in [6.45, 7) is 6.52. The molecule has 3 heterocycles. The summed E-state index contributed by atoms with van der Waals surface area (Å²) in [5.41, 5.74) is 1.53. The molecule has 13 heteroatoms. The van der Waals surface area contributed by atoms with Crippen molar-refractivity contribution >= 4 is 11.5 Å². The van der Waals surface area contributed by atoms with Gasteiger partial charge in [-0.2, -0.15) is 13.2 Å². The van der Waals surface area contributed by atoms with Gasteiger partial charge in [0.2, 0.25) is 0 Å². The summed E-state index contributed by atoms with van der Waals surface area (Å²) in [6.07, 6.45) is -2.56. The standard InChI is InChI=1S/C32H32F3N5O5/c1-22-18-37(19-23-2-8-27(9-3-23)44-28-10-4-24(5-11-28)32(33,34)35)16-17-39(22)25-6-12-26(13-7-25)43-21-29-14-15-38-20-30(40(41)42)36-31(38)45-29/h2-13,20,22,29H,14-19,21H2,1H3/t22-,29+/m1/s1. The first kappa shape index (κ1) is 30.3. The Hall–Kier alpha value is -4.78. The van der Waals surface area contributed by atoms with Gasteiger partial charge in [0.05, 0.1) is 5.56 Å². The summed E-state index contributed by atoms with van der Waals surface area (Å²) in [7, 11) is 0. The number of fused-ring (bicyclic) bond motifs is 1. The van der Waals surface area contributed by atoms with Crippen LogP contribution in [0.4, 0.5) is 24.7 Å². The number of aryl methyl sites for hydroxylation is 1. The first-order valence-corrected chi connectivity index (χ1v) is 14.6. The zero-order valence-electron chi connectivity index (χ0n) is 24.5. The summed E-state index contributed by atoms with van der Waals surface area (Å²) in [5, 5.41) is 11.0. The second-order valence-electron chi connectivity index (χ2n) is 11.2. The fourth-order valence-corrected chi connectivity index (χ4v) is 5.59. The van der Waals surface area contributed by atoms with Crippen molar-refractivity contribution in [2.75, 3.05) is 31.1 Å². The van der Waals surface area contributed by atoms with Crippen molar-refractivity contribution in [1.82, 2.24) is 14.5 Å². The van der Waals surface area contributed by atoms with Crippen LogP contribution in [0.25, 0.3) is 0 Å². The molecule has 1 fully saturated rings. The molecule has 2 aliphatic heterocycles. The molecule has 2 atom stereocenters. The van der Waals surface area contributed by atoms with Crippen molar-refractivity contribution in [3.8, 4) is 23.3 Å². The molecule has 4 aromatic rings. The monoisotopic (exact) mass is 623 g/mol. The molecule has 236 valence electrons. The summed E-state index contributed by atoms with van der Waals surface area (Å²) in [5.74, 6) is 1.41. The van der Waals surface area contributed by atoms with Crippen LogP contribution in [0.15, 0.2) is 79.0 Å². The lowest BCUT2D eigenvalue weighted by atomic mass is 10.1. The van der Waals surface area contributed by atoms with Crippen LogP contribution >= 0.6 is 0 Å². The van der Waals surface area contributed by atoms with E-state index in [1.165, 1.54) is 18.3 Å². The summed E-state index contributed by atoms with van der Waals surface area (Å²) >= 11 is 0. The highest BCUT2D eigenvalue weighted by molar-refractivity contribution is 5.50. The third kappa shape index (κ3) is 7.31. The van der Waals surface area contributed by atoms with Crippen LogP contribution in [0.5, 0.6) is 23.3 Å². The number of piperazine rings is 1. The number of nitrogens with zero attached hydrogens (tertiary/aromatic N) is 5. The van der Waals surface area contributed by atoms with Crippen LogP contribution in [-0.2, 0) is 19.3 Å². The highest BCUT2D eigenvalue weighted by Crippen LogP contribution is 2.32. The molecule has 0 unspecified atom stereocenters. The summed E-state index contributed by atoms with van der Waals surface area (Å²) in [4.78, 5) is 19.1. The molecule has 10 nitrogen and oxygen atoms in total. The first-order chi connectivity index (χ1) is 21.6. The van der Waals surface area contributed by atoms with Crippen molar-refractivity contribution in [2.24, 2.45) is 0 Å². The van der Waals surface area contributed by atoms with Gasteiger partial charge in [-0.3, -0.25) is 9.47 Å². The van der Waals surface area contributed by atoms with Crippen LogP contribution in [0.1, 0.15) is 24.5 Å². The summed E-state index contributed by atoms with van der Waals surface area (Å²) in [6, 6.07) is 20.8. The predicted octanol–water partition coefficient (Wildman–Crippen LogP) is 6.54. The molecule has 0 saturated carbocycles. The fourth-order valence-electron chi connectivity index (χ4n) is 5.59. The lowest BCUT2D eigenvalue weighted by Crippen LogP contribution is -2.51. The molecule has 45 heavy (non-hydrogen) atoms. The lowest BCUT2D eigenvalue weighted by Gasteiger charge is -2.41. The quantitative estimate of drug-likeness (QED) is 0.153. The number of imidazole rings is 1. The van der Waals surface area contributed by atoms with Crippen LogP contribution in [0.2, 0.25) is 0 Å². The van der Waals surface area contributed by atoms with E-state index in [9.17, 15) is 23.3 Å². The van der Waals surface area contributed by atoms with Crippen molar-refractivity contribution in [2.45, 2.75) is 44.8 Å². The molecule has 0 spiro atoms. The van der Waals surface area contributed by atoms with Crippen molar-refractivity contribution in [3.05, 3.63) is 100 Å². The maximum absolute atomic E-state index is 12.8. The van der Waals surface area contributed by atoms with E-state index in [4.69, 9.17) is 14.2 Å². The number of aromatic nitrogens is 2. The number of anilines is 1. The maximum Gasteiger partial charge on any atom is 0.416 e. The smallest absolute Gasteiger partial charge is 0.416 e. The van der Waals surface area contributed by atoms with Gasteiger partial charge in [0, 0.05) is 55.9 Å². The maximum atomic E-state index is 12.8. The van der Waals surface area contributed by atoms with Gasteiger partial charge in [0.1, 0.15) is 36.2 Å². The number of ether oxygens (including phenoxy) is 3. The number of alkyl halides is 3. The van der Waals surface area contributed by atoms with Crippen LogP contribution < -0.4 is 19.1 Å².